The summed E-state index contributed by atoms with van der Waals surface area (Å²) in [6.07, 6.45) is 0. The van der Waals surface area contributed by atoms with E-state index in [9.17, 15) is 5.11 Å². The van der Waals surface area contributed by atoms with Crippen LogP contribution in [-0.2, 0) is 0 Å². The zero-order valence-corrected chi connectivity index (χ0v) is 25.2. The predicted octanol–water partition coefficient (Wildman–Crippen LogP) is 10.3. The van der Waals surface area contributed by atoms with E-state index in [0.29, 0.717) is 28.1 Å². The highest BCUT2D eigenvalue weighted by Gasteiger charge is 2.19. The second kappa shape index (κ2) is 10.7. The number of benzene rings is 7. The van der Waals surface area contributed by atoms with Crippen LogP contribution in [0.3, 0.4) is 0 Å². The van der Waals surface area contributed by atoms with Crippen LogP contribution in [0, 0.1) is 0 Å². The lowest BCUT2D eigenvalue weighted by Crippen LogP contribution is -2.12. The molecule has 47 heavy (non-hydrogen) atoms. The Morgan fingerprint density at radius 2 is 1.15 bits per heavy atom. The van der Waals surface area contributed by atoms with Crippen molar-refractivity contribution in [3.63, 3.8) is 0 Å². The number of nitrogens with zero attached hydrogens (tertiary/aromatic N) is 1. The number of aromatic nitrogens is 1. The minimum Gasteiger partial charge on any atom is -0.507 e. The fourth-order valence-corrected chi connectivity index (χ4v) is 6.71. The molecule has 0 unspecified atom stereocenters. The van der Waals surface area contributed by atoms with Gasteiger partial charge in [0.15, 0.2) is 0 Å². The lowest BCUT2D eigenvalue weighted by Gasteiger charge is -2.19. The van der Waals surface area contributed by atoms with Crippen LogP contribution in [0.5, 0.6) is 17.2 Å². The maximum atomic E-state index is 11.6. The van der Waals surface area contributed by atoms with Gasteiger partial charge in [-0.1, -0.05) is 91.0 Å². The van der Waals surface area contributed by atoms with E-state index >= 15 is 0 Å². The Morgan fingerprint density at radius 3 is 1.89 bits per heavy atom. The predicted molar refractivity (Wildman–Crippen MR) is 192 cm³/mol. The van der Waals surface area contributed by atoms with E-state index in [2.05, 4.69) is 53.1 Å². The first-order valence-electron chi connectivity index (χ1n) is 15.5. The molecule has 0 fully saturated rings. The molecule has 1 N–H and O–H groups in total. The lowest BCUT2D eigenvalue weighted by molar-refractivity contribution is 0.477. The molecule has 0 amide bonds. The highest BCUT2D eigenvalue weighted by molar-refractivity contribution is 6.38. The summed E-state index contributed by atoms with van der Waals surface area (Å²) in [4.78, 5) is 0. The summed E-state index contributed by atoms with van der Waals surface area (Å²) in [6.45, 7) is 0. The van der Waals surface area contributed by atoms with Gasteiger partial charge in [-0.25, -0.2) is 0 Å². The minimum absolute atomic E-state index is 0.122. The Kier molecular flexibility index (Phi) is 6.19. The van der Waals surface area contributed by atoms with Crippen LogP contribution < -0.4 is 10.2 Å². The number of para-hydroxylation sites is 4. The van der Waals surface area contributed by atoms with Crippen molar-refractivity contribution in [3.05, 3.63) is 152 Å². The lowest BCUT2D eigenvalue weighted by atomic mass is 9.84. The summed E-state index contributed by atoms with van der Waals surface area (Å²) in [5.41, 5.74) is 8.28. The van der Waals surface area contributed by atoms with Gasteiger partial charge in [0.25, 0.3) is 0 Å². The standard InChI is InChI=1S/C42H26BNO3/c43-42-35(32-20-18-27(23-38(32)45)26-19-21-40-34(22-26)33-14-6-9-17-39(33)47-40)24-28(25-41(42)46-29-10-2-1-3-11-29)44-36-15-7-4-12-30(36)31-13-5-8-16-37(31)44/h1-25,45H. The molecule has 0 saturated carbocycles. The fourth-order valence-electron chi connectivity index (χ4n) is 6.71. The van der Waals surface area contributed by atoms with E-state index in [1.807, 2.05) is 97.1 Å². The van der Waals surface area contributed by atoms with Crippen molar-refractivity contribution in [2.45, 2.75) is 0 Å². The van der Waals surface area contributed by atoms with Gasteiger partial charge >= 0.3 is 0 Å². The maximum absolute atomic E-state index is 11.6. The molecule has 9 aromatic rings. The molecule has 0 aliphatic carbocycles. The molecular formula is C42H26BNO3. The summed E-state index contributed by atoms with van der Waals surface area (Å²) in [7, 11) is 6.88. The van der Waals surface area contributed by atoms with Gasteiger partial charge in [0, 0.05) is 33.2 Å². The molecule has 7 aromatic carbocycles. The van der Waals surface area contributed by atoms with Crippen molar-refractivity contribution in [2.24, 2.45) is 0 Å². The number of rotatable bonds is 5. The SMILES string of the molecule is [B]c1c(Oc2ccccc2)cc(-n2c3ccccc3c3ccccc32)cc1-c1ccc(-c2ccc3oc4ccccc4c3c2)cc1O. The first-order chi connectivity index (χ1) is 23.1. The van der Waals surface area contributed by atoms with Crippen molar-refractivity contribution in [2.75, 3.05) is 0 Å². The number of phenols is 1. The van der Waals surface area contributed by atoms with E-state index in [1.54, 1.807) is 6.07 Å². The number of fused-ring (bicyclic) bond motifs is 6. The van der Waals surface area contributed by atoms with Gasteiger partial charge in [-0.15, -0.1) is 0 Å². The second-order valence-corrected chi connectivity index (χ2v) is 11.7. The van der Waals surface area contributed by atoms with Crippen LogP contribution in [-0.4, -0.2) is 17.5 Å². The summed E-state index contributed by atoms with van der Waals surface area (Å²) in [6, 6.07) is 50.2. The molecule has 9 rings (SSSR count). The molecular weight excluding hydrogens is 577 g/mol. The number of hydrogen-bond donors (Lipinski definition) is 1. The molecule has 4 nitrogen and oxygen atoms in total. The Bertz CT molecular complexity index is 2580. The monoisotopic (exact) mass is 603 g/mol. The highest BCUT2D eigenvalue weighted by Crippen LogP contribution is 2.39. The Hall–Kier alpha value is -6.20. The number of hydrogen-bond acceptors (Lipinski definition) is 3. The first-order valence-corrected chi connectivity index (χ1v) is 15.5. The van der Waals surface area contributed by atoms with Gasteiger partial charge in [-0.2, -0.15) is 0 Å². The molecule has 2 radical (unpaired) electrons. The Labute approximate surface area is 272 Å². The molecule has 220 valence electrons. The molecule has 2 heterocycles. The smallest absolute Gasteiger partial charge is 0.135 e. The average Bonchev–Trinajstić information content (AvgIpc) is 3.65. The number of ether oxygens (including phenoxy) is 1. The molecule has 5 heteroatoms. The Balaban J connectivity index is 1.22. The van der Waals surface area contributed by atoms with Gasteiger partial charge in [0.1, 0.15) is 36.3 Å². The van der Waals surface area contributed by atoms with Gasteiger partial charge in [-0.05, 0) is 76.8 Å². The molecule has 0 atom stereocenters. The largest absolute Gasteiger partial charge is 0.507 e. The van der Waals surface area contributed by atoms with Crippen molar-refractivity contribution in [1.82, 2.24) is 4.57 Å². The van der Waals surface area contributed by atoms with E-state index in [-0.39, 0.29) is 5.75 Å². The summed E-state index contributed by atoms with van der Waals surface area (Å²) in [5, 5.41) is 16.0. The minimum atomic E-state index is 0.122. The molecule has 2 aromatic heterocycles. The Morgan fingerprint density at radius 1 is 0.532 bits per heavy atom. The van der Waals surface area contributed by atoms with Crippen LogP contribution in [0.15, 0.2) is 156 Å². The average molecular weight is 603 g/mol. The van der Waals surface area contributed by atoms with Crippen LogP contribution in [0.1, 0.15) is 0 Å². The topological polar surface area (TPSA) is 47.5 Å². The second-order valence-electron chi connectivity index (χ2n) is 11.7. The number of furan rings is 1. The third-order valence-electron chi connectivity index (χ3n) is 8.93. The van der Waals surface area contributed by atoms with Gasteiger partial charge in [0.05, 0.1) is 16.7 Å². The van der Waals surface area contributed by atoms with Crippen LogP contribution in [0.25, 0.3) is 71.7 Å². The van der Waals surface area contributed by atoms with Gasteiger partial charge < -0.3 is 18.8 Å². The van der Waals surface area contributed by atoms with Crippen molar-refractivity contribution >= 4 is 57.1 Å². The fraction of sp³-hybridized carbons (Fsp3) is 0. The van der Waals surface area contributed by atoms with E-state index in [0.717, 1.165) is 60.6 Å². The third-order valence-corrected chi connectivity index (χ3v) is 8.93. The van der Waals surface area contributed by atoms with E-state index in [1.165, 1.54) is 0 Å². The number of aromatic hydroxyl groups is 1. The summed E-state index contributed by atoms with van der Waals surface area (Å²) < 4.78 is 14.7. The van der Waals surface area contributed by atoms with E-state index < -0.39 is 0 Å². The molecule has 0 saturated heterocycles. The zero-order valence-electron chi connectivity index (χ0n) is 25.2. The van der Waals surface area contributed by atoms with Crippen LogP contribution in [0.2, 0.25) is 0 Å². The number of phenolic OH excluding ortho intramolecular Hbond substituents is 1. The maximum Gasteiger partial charge on any atom is 0.135 e. The van der Waals surface area contributed by atoms with Crippen molar-refractivity contribution < 1.29 is 14.3 Å². The summed E-state index contributed by atoms with van der Waals surface area (Å²) in [5.74, 6) is 1.30. The molecule has 0 aliphatic rings. The molecule has 0 aliphatic heterocycles. The molecule has 0 bridgehead atoms. The van der Waals surface area contributed by atoms with Gasteiger partial charge in [0.2, 0.25) is 0 Å². The quantitative estimate of drug-likeness (QED) is 0.199. The van der Waals surface area contributed by atoms with Crippen molar-refractivity contribution in [3.8, 4) is 45.2 Å². The first kappa shape index (κ1) is 27.1. The highest BCUT2D eigenvalue weighted by atomic mass is 16.5. The van der Waals surface area contributed by atoms with Crippen molar-refractivity contribution in [1.29, 1.82) is 0 Å². The van der Waals surface area contributed by atoms with Crippen LogP contribution in [0.4, 0.5) is 0 Å². The molecule has 0 spiro atoms. The van der Waals surface area contributed by atoms with Crippen LogP contribution >= 0.6 is 0 Å². The normalized spacial score (nSPS) is 11.6. The zero-order chi connectivity index (χ0) is 31.5. The summed E-state index contributed by atoms with van der Waals surface area (Å²) >= 11 is 0. The van der Waals surface area contributed by atoms with E-state index in [4.69, 9.17) is 17.0 Å². The third kappa shape index (κ3) is 4.47. The van der Waals surface area contributed by atoms with Gasteiger partial charge in [-0.3, -0.25) is 0 Å².